The third-order valence-electron chi connectivity index (χ3n) is 5.67. The Bertz CT molecular complexity index is 1450. The zero-order valence-corrected chi connectivity index (χ0v) is 21.8. The van der Waals surface area contributed by atoms with Crippen LogP contribution in [0.3, 0.4) is 0 Å². The summed E-state index contributed by atoms with van der Waals surface area (Å²) in [5, 5.41) is 2.82. The minimum Gasteiger partial charge on any atom is -0.491 e. The molecule has 0 saturated carbocycles. The molecule has 1 unspecified atom stereocenters. The van der Waals surface area contributed by atoms with Gasteiger partial charge in [-0.05, 0) is 68.7 Å². The van der Waals surface area contributed by atoms with Crippen molar-refractivity contribution < 1.29 is 17.9 Å². The molecule has 1 atom stereocenters. The summed E-state index contributed by atoms with van der Waals surface area (Å²) in [5.41, 5.74) is 2.34. The number of ether oxygens (including phenoxy) is 1. The second kappa shape index (κ2) is 11.3. The molecule has 2 N–H and O–H groups in total. The lowest BCUT2D eigenvalue weighted by Crippen LogP contribution is -2.42. The molecule has 4 rings (SSSR count). The van der Waals surface area contributed by atoms with Crippen LogP contribution in [0.5, 0.6) is 5.75 Å². The van der Waals surface area contributed by atoms with Crippen LogP contribution in [-0.4, -0.2) is 30.1 Å². The average molecular weight is 519 g/mol. The smallest absolute Gasteiger partial charge is 0.329 e. The summed E-state index contributed by atoms with van der Waals surface area (Å²) in [7, 11) is -4.06. The highest BCUT2D eigenvalue weighted by Gasteiger charge is 2.25. The number of nitrogens with one attached hydrogen (secondary N) is 2. The van der Waals surface area contributed by atoms with Gasteiger partial charge in [-0.3, -0.25) is 0 Å². The van der Waals surface area contributed by atoms with Gasteiger partial charge in [0, 0.05) is 18.1 Å². The highest BCUT2D eigenvalue weighted by atomic mass is 32.2. The summed E-state index contributed by atoms with van der Waals surface area (Å²) in [4.78, 5) is 17.6. The Morgan fingerprint density at radius 2 is 1.65 bits per heavy atom. The maximum absolute atomic E-state index is 13.0. The van der Waals surface area contributed by atoms with Gasteiger partial charge in [-0.1, -0.05) is 48.5 Å². The van der Waals surface area contributed by atoms with Crippen molar-refractivity contribution in [2.45, 2.75) is 44.2 Å². The third-order valence-corrected chi connectivity index (χ3v) is 7.16. The normalized spacial score (nSPS) is 12.2. The Morgan fingerprint density at radius 3 is 2.32 bits per heavy atom. The molecular weight excluding hydrogens is 488 g/mol. The van der Waals surface area contributed by atoms with Crippen molar-refractivity contribution in [2.24, 2.45) is 0 Å². The van der Waals surface area contributed by atoms with E-state index in [0.717, 1.165) is 17.0 Å². The quantitative estimate of drug-likeness (QED) is 0.327. The Labute approximate surface area is 217 Å². The molecule has 0 aliphatic rings. The highest BCUT2D eigenvalue weighted by molar-refractivity contribution is 7.90. The first-order valence-corrected chi connectivity index (χ1v) is 13.4. The van der Waals surface area contributed by atoms with E-state index in [1.54, 1.807) is 37.5 Å². The number of nitrogens with zero attached hydrogens (tertiary/aromatic N) is 2. The van der Waals surface area contributed by atoms with Crippen LogP contribution in [-0.2, 0) is 16.4 Å². The lowest BCUT2D eigenvalue weighted by Gasteiger charge is -2.21. The Morgan fingerprint density at radius 1 is 0.973 bits per heavy atom. The monoisotopic (exact) mass is 518 g/mol. The first kappa shape index (κ1) is 26.0. The highest BCUT2D eigenvalue weighted by Crippen LogP contribution is 2.23. The zero-order chi connectivity index (χ0) is 26.4. The zero-order valence-electron chi connectivity index (χ0n) is 21.0. The molecule has 192 valence electrons. The number of imidazole rings is 1. The Hall–Kier alpha value is -4.11. The van der Waals surface area contributed by atoms with E-state index < -0.39 is 22.1 Å². The minimum absolute atomic E-state index is 0.0509. The summed E-state index contributed by atoms with van der Waals surface area (Å²) in [6, 6.07) is 22.2. The molecule has 0 aliphatic heterocycles. The number of sulfonamides is 1. The van der Waals surface area contributed by atoms with Gasteiger partial charge in [0.15, 0.2) is 0 Å². The van der Waals surface area contributed by atoms with Crippen LogP contribution in [0.25, 0.3) is 5.69 Å². The Balaban J connectivity index is 1.61. The van der Waals surface area contributed by atoms with E-state index in [4.69, 9.17) is 4.74 Å². The second-order valence-corrected chi connectivity index (χ2v) is 10.6. The fraction of sp³-hybridized carbons (Fsp3) is 0.214. The number of carbonyl (C=O) groups is 1. The SMILES string of the molecule is Cc1ccccc1S(=O)(=O)NC(=O)NC(Cc1ccccc1)c1nccn1-c1ccc(OC(C)C)cc1. The number of aromatic nitrogens is 2. The molecule has 1 heterocycles. The molecule has 37 heavy (non-hydrogen) atoms. The standard InChI is InChI=1S/C28H30N4O4S/c1-20(2)36-24-15-13-23(14-16-24)32-18-17-29-27(32)25(19-22-10-5-4-6-11-22)30-28(33)31-37(34,35)26-12-8-7-9-21(26)3/h4-18,20,25H,19H2,1-3H3,(H2,30,31,33). The van der Waals surface area contributed by atoms with Gasteiger partial charge in [-0.15, -0.1) is 0 Å². The van der Waals surface area contributed by atoms with Gasteiger partial charge in [0.1, 0.15) is 11.6 Å². The summed E-state index contributed by atoms with van der Waals surface area (Å²) in [5.74, 6) is 1.31. The van der Waals surface area contributed by atoms with E-state index in [9.17, 15) is 13.2 Å². The largest absolute Gasteiger partial charge is 0.491 e. The van der Waals surface area contributed by atoms with Gasteiger partial charge in [0.05, 0.1) is 17.0 Å². The lowest BCUT2D eigenvalue weighted by molar-refractivity contribution is 0.241. The molecule has 1 aromatic heterocycles. The molecule has 0 spiro atoms. The third kappa shape index (κ3) is 6.56. The van der Waals surface area contributed by atoms with Crippen molar-refractivity contribution in [3.8, 4) is 11.4 Å². The molecule has 8 nitrogen and oxygen atoms in total. The van der Waals surface area contributed by atoms with Crippen LogP contribution in [0.1, 0.15) is 36.8 Å². The lowest BCUT2D eigenvalue weighted by atomic mass is 10.1. The van der Waals surface area contributed by atoms with Crippen LogP contribution in [0.4, 0.5) is 4.79 Å². The summed E-state index contributed by atoms with van der Waals surface area (Å²) in [6.07, 6.45) is 3.92. The molecule has 3 aromatic carbocycles. The van der Waals surface area contributed by atoms with Crippen molar-refractivity contribution in [2.75, 3.05) is 0 Å². The molecule has 0 aliphatic carbocycles. The van der Waals surface area contributed by atoms with Gasteiger partial charge in [0.25, 0.3) is 10.0 Å². The van der Waals surface area contributed by atoms with Crippen LogP contribution < -0.4 is 14.8 Å². The number of amides is 2. The molecular formula is C28H30N4O4S. The average Bonchev–Trinajstić information content (AvgIpc) is 3.34. The van der Waals surface area contributed by atoms with E-state index in [2.05, 4.69) is 15.0 Å². The van der Waals surface area contributed by atoms with Crippen molar-refractivity contribution in [3.05, 3.63) is 108 Å². The molecule has 2 amide bonds. The molecule has 0 saturated heterocycles. The number of aryl methyl sites for hydroxylation is 1. The number of hydrogen-bond donors (Lipinski definition) is 2. The number of urea groups is 1. The first-order valence-electron chi connectivity index (χ1n) is 12.0. The van der Waals surface area contributed by atoms with Crippen molar-refractivity contribution >= 4 is 16.1 Å². The van der Waals surface area contributed by atoms with Gasteiger partial charge in [0.2, 0.25) is 0 Å². The van der Waals surface area contributed by atoms with E-state index in [1.165, 1.54) is 6.07 Å². The van der Waals surface area contributed by atoms with E-state index >= 15 is 0 Å². The summed E-state index contributed by atoms with van der Waals surface area (Å²) >= 11 is 0. The van der Waals surface area contributed by atoms with Crippen molar-refractivity contribution in [1.82, 2.24) is 19.6 Å². The number of carbonyl (C=O) groups excluding carboxylic acids is 1. The van der Waals surface area contributed by atoms with Gasteiger partial charge in [-0.25, -0.2) is 22.9 Å². The predicted molar refractivity (Wildman–Crippen MR) is 142 cm³/mol. The number of benzene rings is 3. The fourth-order valence-corrected chi connectivity index (χ4v) is 5.19. The molecule has 0 bridgehead atoms. The topological polar surface area (TPSA) is 102 Å². The fourth-order valence-electron chi connectivity index (χ4n) is 4.03. The van der Waals surface area contributed by atoms with Crippen molar-refractivity contribution in [1.29, 1.82) is 0 Å². The van der Waals surface area contributed by atoms with Gasteiger partial charge >= 0.3 is 6.03 Å². The van der Waals surface area contributed by atoms with Crippen LogP contribution in [0, 0.1) is 6.92 Å². The molecule has 0 radical (unpaired) electrons. The van der Waals surface area contributed by atoms with Gasteiger partial charge in [-0.2, -0.15) is 0 Å². The van der Waals surface area contributed by atoms with Gasteiger partial charge < -0.3 is 14.6 Å². The Kier molecular flexibility index (Phi) is 7.93. The molecule has 4 aromatic rings. The second-order valence-electron chi connectivity index (χ2n) is 8.90. The van der Waals surface area contributed by atoms with E-state index in [-0.39, 0.29) is 11.0 Å². The summed E-state index contributed by atoms with van der Waals surface area (Å²) < 4.78 is 35.5. The van der Waals surface area contributed by atoms with Crippen molar-refractivity contribution in [3.63, 3.8) is 0 Å². The maximum Gasteiger partial charge on any atom is 0.329 e. The summed E-state index contributed by atoms with van der Waals surface area (Å²) in [6.45, 7) is 5.61. The predicted octanol–water partition coefficient (Wildman–Crippen LogP) is 4.94. The van der Waals surface area contributed by atoms with Crippen LogP contribution in [0.2, 0.25) is 0 Å². The number of rotatable bonds is 9. The molecule has 9 heteroatoms. The van der Waals surface area contributed by atoms with E-state index in [1.807, 2.05) is 73.0 Å². The first-order chi connectivity index (χ1) is 17.7. The van der Waals surface area contributed by atoms with E-state index in [0.29, 0.717) is 17.8 Å². The maximum atomic E-state index is 13.0. The molecule has 0 fully saturated rings. The minimum atomic E-state index is -4.06. The van der Waals surface area contributed by atoms with Crippen LogP contribution >= 0.6 is 0 Å². The number of hydrogen-bond acceptors (Lipinski definition) is 5. The van der Waals surface area contributed by atoms with Crippen LogP contribution in [0.15, 0.2) is 96.2 Å².